The first kappa shape index (κ1) is 18.7. The predicted octanol–water partition coefficient (Wildman–Crippen LogP) is 2.02. The third-order valence-electron chi connectivity index (χ3n) is 7.06. The lowest BCUT2D eigenvalue weighted by Gasteiger charge is -2.48. The molecule has 1 amide bonds. The molecular formula is C21H24N6O3. The van der Waals surface area contributed by atoms with E-state index in [4.69, 9.17) is 5.11 Å². The minimum Gasteiger partial charge on any atom is -0.465 e. The second-order valence-electron chi connectivity index (χ2n) is 8.77. The molecule has 0 radical (unpaired) electrons. The number of nitrogens with one attached hydrogen (secondary N) is 2. The molecule has 2 saturated heterocycles. The normalized spacial score (nSPS) is 20.5. The van der Waals surface area contributed by atoms with E-state index in [-0.39, 0.29) is 17.2 Å². The van der Waals surface area contributed by atoms with Crippen molar-refractivity contribution in [1.82, 2.24) is 15.3 Å². The van der Waals surface area contributed by atoms with Crippen LogP contribution in [0.1, 0.15) is 37.7 Å². The number of hydrogen-bond donors (Lipinski definition) is 3. The van der Waals surface area contributed by atoms with Crippen LogP contribution in [0, 0.1) is 16.7 Å². The summed E-state index contributed by atoms with van der Waals surface area (Å²) in [6, 6.07) is 3.90. The van der Waals surface area contributed by atoms with E-state index < -0.39 is 6.09 Å². The van der Waals surface area contributed by atoms with Gasteiger partial charge < -0.3 is 25.2 Å². The summed E-state index contributed by atoms with van der Waals surface area (Å²) in [7, 11) is 0. The van der Waals surface area contributed by atoms with Crippen molar-refractivity contribution in [3.05, 3.63) is 28.2 Å². The quantitative estimate of drug-likeness (QED) is 0.709. The number of amides is 1. The number of hydrogen-bond acceptors (Lipinski definition) is 6. The fraction of sp³-hybridized carbons (Fsp3) is 0.524. The van der Waals surface area contributed by atoms with Crippen LogP contribution >= 0.6 is 0 Å². The van der Waals surface area contributed by atoms with Gasteiger partial charge in [0.15, 0.2) is 0 Å². The Labute approximate surface area is 173 Å². The number of piperidine rings is 1. The Morgan fingerprint density at radius 1 is 1.27 bits per heavy atom. The summed E-state index contributed by atoms with van der Waals surface area (Å²) in [5, 5.41) is 21.9. The van der Waals surface area contributed by atoms with Crippen LogP contribution in [-0.4, -0.2) is 53.4 Å². The van der Waals surface area contributed by atoms with E-state index in [0.29, 0.717) is 29.7 Å². The van der Waals surface area contributed by atoms with E-state index in [0.717, 1.165) is 37.1 Å². The van der Waals surface area contributed by atoms with Gasteiger partial charge in [0.05, 0.1) is 23.4 Å². The van der Waals surface area contributed by atoms with E-state index in [1.165, 1.54) is 19.3 Å². The van der Waals surface area contributed by atoms with Gasteiger partial charge in [0.25, 0.3) is 5.56 Å². The lowest BCUT2D eigenvalue weighted by molar-refractivity contribution is 0.0956. The summed E-state index contributed by atoms with van der Waals surface area (Å²) < 4.78 is 0. The fourth-order valence-electron chi connectivity index (χ4n) is 5.09. The SMILES string of the molecule is N#Cc1c(N2CCC3(CCC3)CC2)c2cc(N3CC(NC(=O)O)C3)ncc2[nH]c1=O. The molecule has 9 heteroatoms. The zero-order valence-electron chi connectivity index (χ0n) is 16.6. The van der Waals surface area contributed by atoms with Gasteiger partial charge in [-0.3, -0.25) is 4.79 Å². The number of carbonyl (C=O) groups is 1. The number of rotatable bonds is 3. The molecule has 5 rings (SSSR count). The van der Waals surface area contributed by atoms with Gasteiger partial charge in [-0.05, 0) is 37.2 Å². The van der Waals surface area contributed by atoms with Crippen LogP contribution in [0.3, 0.4) is 0 Å². The molecule has 30 heavy (non-hydrogen) atoms. The van der Waals surface area contributed by atoms with Crippen molar-refractivity contribution < 1.29 is 9.90 Å². The van der Waals surface area contributed by atoms with E-state index >= 15 is 0 Å². The molecule has 2 aromatic heterocycles. The second kappa shape index (κ2) is 6.90. The average Bonchev–Trinajstić information content (AvgIpc) is 2.68. The molecule has 2 aliphatic heterocycles. The van der Waals surface area contributed by atoms with Crippen LogP contribution in [-0.2, 0) is 0 Å². The van der Waals surface area contributed by atoms with Crippen molar-refractivity contribution in [2.45, 2.75) is 38.1 Å². The molecule has 2 aromatic rings. The molecule has 0 unspecified atom stereocenters. The van der Waals surface area contributed by atoms with Crippen molar-refractivity contribution in [1.29, 1.82) is 5.26 Å². The molecular weight excluding hydrogens is 384 g/mol. The second-order valence-corrected chi connectivity index (χ2v) is 8.77. The van der Waals surface area contributed by atoms with E-state index in [2.05, 4.69) is 26.3 Å². The van der Waals surface area contributed by atoms with Crippen molar-refractivity contribution in [2.75, 3.05) is 36.0 Å². The Morgan fingerprint density at radius 2 is 2.00 bits per heavy atom. The van der Waals surface area contributed by atoms with Crippen LogP contribution in [0.15, 0.2) is 17.1 Å². The molecule has 1 aliphatic carbocycles. The monoisotopic (exact) mass is 408 g/mol. The lowest BCUT2D eigenvalue weighted by atomic mass is 9.63. The standard InChI is InChI=1S/C21H24N6O3/c22-9-15-18(26-6-4-21(5-7-26)2-1-3-21)14-8-17(23-10-16(14)25-19(15)28)27-11-13(12-27)24-20(29)30/h8,10,13,24H,1-7,11-12H2,(H,25,28)(H,29,30). The van der Waals surface area contributed by atoms with Crippen LogP contribution in [0.4, 0.5) is 16.3 Å². The highest BCUT2D eigenvalue weighted by atomic mass is 16.4. The zero-order chi connectivity index (χ0) is 20.9. The van der Waals surface area contributed by atoms with Crippen LogP contribution in [0.5, 0.6) is 0 Å². The number of aromatic amines is 1. The largest absolute Gasteiger partial charge is 0.465 e. The van der Waals surface area contributed by atoms with Gasteiger partial charge in [-0.25, -0.2) is 9.78 Å². The number of nitriles is 1. The molecule has 0 aromatic carbocycles. The van der Waals surface area contributed by atoms with Gasteiger partial charge in [-0.1, -0.05) is 6.42 Å². The molecule has 0 bridgehead atoms. The van der Waals surface area contributed by atoms with E-state index in [1.54, 1.807) is 6.20 Å². The third kappa shape index (κ3) is 3.03. The van der Waals surface area contributed by atoms with Crippen molar-refractivity contribution >= 4 is 28.5 Å². The highest BCUT2D eigenvalue weighted by molar-refractivity contribution is 5.95. The molecule has 3 fully saturated rings. The van der Waals surface area contributed by atoms with Gasteiger partial charge in [-0.15, -0.1) is 0 Å². The molecule has 1 spiro atoms. The number of carboxylic acid groups (broad SMARTS) is 1. The smallest absolute Gasteiger partial charge is 0.405 e. The van der Waals surface area contributed by atoms with Gasteiger partial charge >= 0.3 is 6.09 Å². The molecule has 3 aliphatic rings. The molecule has 156 valence electrons. The summed E-state index contributed by atoms with van der Waals surface area (Å²) in [4.78, 5) is 34.8. The number of aromatic nitrogens is 2. The summed E-state index contributed by atoms with van der Waals surface area (Å²) in [5.74, 6) is 0.718. The maximum absolute atomic E-state index is 12.5. The van der Waals surface area contributed by atoms with Crippen molar-refractivity contribution in [2.24, 2.45) is 5.41 Å². The average molecular weight is 408 g/mol. The van der Waals surface area contributed by atoms with Crippen LogP contribution < -0.4 is 20.7 Å². The summed E-state index contributed by atoms with van der Waals surface area (Å²) in [6.45, 7) is 2.78. The molecule has 4 heterocycles. The van der Waals surface area contributed by atoms with Gasteiger partial charge in [0.1, 0.15) is 17.5 Å². The number of pyridine rings is 2. The number of fused-ring (bicyclic) bond motifs is 1. The van der Waals surface area contributed by atoms with Crippen molar-refractivity contribution in [3.8, 4) is 6.07 Å². The Hall–Kier alpha value is -3.28. The minimum absolute atomic E-state index is 0.120. The minimum atomic E-state index is -1.03. The Bertz CT molecular complexity index is 1100. The summed E-state index contributed by atoms with van der Waals surface area (Å²) in [6.07, 6.45) is 6.68. The first-order valence-corrected chi connectivity index (χ1v) is 10.4. The van der Waals surface area contributed by atoms with Crippen molar-refractivity contribution in [3.63, 3.8) is 0 Å². The van der Waals surface area contributed by atoms with Gasteiger partial charge in [0, 0.05) is 31.6 Å². The lowest BCUT2D eigenvalue weighted by Crippen LogP contribution is -2.59. The fourth-order valence-corrected chi connectivity index (χ4v) is 5.09. The zero-order valence-corrected chi connectivity index (χ0v) is 16.6. The first-order valence-electron chi connectivity index (χ1n) is 10.4. The number of nitrogens with zero attached hydrogens (tertiary/aromatic N) is 4. The summed E-state index contributed by atoms with van der Waals surface area (Å²) >= 11 is 0. The van der Waals surface area contributed by atoms with Gasteiger partial charge in [0.2, 0.25) is 0 Å². The molecule has 3 N–H and O–H groups in total. The Morgan fingerprint density at radius 3 is 2.60 bits per heavy atom. The molecule has 0 atom stereocenters. The summed E-state index contributed by atoms with van der Waals surface area (Å²) in [5.41, 5.74) is 1.56. The predicted molar refractivity (Wildman–Crippen MR) is 112 cm³/mol. The maximum Gasteiger partial charge on any atom is 0.405 e. The van der Waals surface area contributed by atoms with E-state index in [9.17, 15) is 14.9 Å². The van der Waals surface area contributed by atoms with Crippen LogP contribution in [0.2, 0.25) is 0 Å². The third-order valence-corrected chi connectivity index (χ3v) is 7.06. The number of anilines is 2. The first-order chi connectivity index (χ1) is 14.5. The Kier molecular flexibility index (Phi) is 4.31. The number of H-pyrrole nitrogens is 1. The topological polar surface area (TPSA) is 125 Å². The highest BCUT2D eigenvalue weighted by Gasteiger charge is 2.40. The highest BCUT2D eigenvalue weighted by Crippen LogP contribution is 2.49. The van der Waals surface area contributed by atoms with Gasteiger partial charge in [-0.2, -0.15) is 5.26 Å². The van der Waals surface area contributed by atoms with E-state index in [1.807, 2.05) is 11.0 Å². The molecule has 9 nitrogen and oxygen atoms in total. The van der Waals surface area contributed by atoms with Crippen LogP contribution in [0.25, 0.3) is 10.9 Å². The molecule has 1 saturated carbocycles. The maximum atomic E-state index is 12.5. The Balaban J connectivity index is 1.49.